The molecule has 2 aromatic rings. The van der Waals surface area contributed by atoms with E-state index in [0.29, 0.717) is 10.8 Å². The number of nitrogens with one attached hydrogen (secondary N) is 1. The van der Waals surface area contributed by atoms with Gasteiger partial charge in [-0.15, -0.1) is 11.3 Å². The molecule has 2 aromatic heterocycles. The zero-order valence-electron chi connectivity index (χ0n) is 8.83. The summed E-state index contributed by atoms with van der Waals surface area (Å²) in [7, 11) is 0. The molecule has 0 fully saturated rings. The molecule has 17 heavy (non-hydrogen) atoms. The van der Waals surface area contributed by atoms with E-state index in [2.05, 4.69) is 31.2 Å². The lowest BCUT2D eigenvalue weighted by molar-refractivity contribution is 0.900. The summed E-state index contributed by atoms with van der Waals surface area (Å²) in [5.41, 5.74) is 1.23. The van der Waals surface area contributed by atoms with E-state index < -0.39 is 0 Å². The minimum atomic E-state index is 0.592. The molecule has 6 heteroatoms. The van der Waals surface area contributed by atoms with Crippen LogP contribution in [0.1, 0.15) is 17.0 Å². The van der Waals surface area contributed by atoms with Gasteiger partial charge in [-0.3, -0.25) is 0 Å². The highest BCUT2D eigenvalue weighted by Gasteiger charge is 2.17. The van der Waals surface area contributed by atoms with Crippen molar-refractivity contribution in [3.63, 3.8) is 0 Å². The molecule has 0 unspecified atom stereocenters. The van der Waals surface area contributed by atoms with Gasteiger partial charge < -0.3 is 5.32 Å². The molecule has 1 N–H and O–H groups in total. The third-order valence-electron chi connectivity index (χ3n) is 2.63. The highest BCUT2D eigenvalue weighted by Crippen LogP contribution is 2.33. The summed E-state index contributed by atoms with van der Waals surface area (Å²) in [6.45, 7) is 0. The fraction of sp³-hybridized carbons (Fsp3) is 0.273. The van der Waals surface area contributed by atoms with Gasteiger partial charge in [-0.25, -0.2) is 9.97 Å². The van der Waals surface area contributed by atoms with Crippen molar-refractivity contribution in [2.45, 2.75) is 19.3 Å². The number of pyridine rings is 1. The summed E-state index contributed by atoms with van der Waals surface area (Å²) in [5, 5.41) is 4.65. The van der Waals surface area contributed by atoms with E-state index in [4.69, 9.17) is 11.6 Å². The van der Waals surface area contributed by atoms with Gasteiger partial charge in [-0.2, -0.15) is 0 Å². The maximum Gasteiger partial charge on any atom is 0.188 e. The number of nitrogens with zero attached hydrogens (tertiary/aromatic N) is 2. The Hall–Kier alpha value is -0.650. The van der Waals surface area contributed by atoms with Gasteiger partial charge in [0.15, 0.2) is 10.9 Å². The summed E-state index contributed by atoms with van der Waals surface area (Å²) in [4.78, 5) is 10.2. The third kappa shape index (κ3) is 2.32. The molecule has 3 nitrogen and oxygen atoms in total. The van der Waals surface area contributed by atoms with Crippen molar-refractivity contribution in [2.75, 3.05) is 5.32 Å². The van der Waals surface area contributed by atoms with Gasteiger partial charge in [0.25, 0.3) is 0 Å². The van der Waals surface area contributed by atoms with Gasteiger partial charge in [0.1, 0.15) is 0 Å². The Morgan fingerprint density at radius 2 is 2.29 bits per heavy atom. The van der Waals surface area contributed by atoms with Gasteiger partial charge in [-0.05, 0) is 41.3 Å². The first-order valence-corrected chi connectivity index (χ1v) is 7.28. The van der Waals surface area contributed by atoms with Crippen molar-refractivity contribution in [2.24, 2.45) is 0 Å². The lowest BCUT2D eigenvalue weighted by Crippen LogP contribution is -1.94. The van der Waals surface area contributed by atoms with Gasteiger partial charge in [0.2, 0.25) is 0 Å². The molecule has 0 saturated carbocycles. The van der Waals surface area contributed by atoms with Crippen molar-refractivity contribution >= 4 is 49.8 Å². The molecule has 88 valence electrons. The van der Waals surface area contributed by atoms with E-state index in [1.807, 2.05) is 6.07 Å². The molecule has 0 bridgehead atoms. The molecule has 1 aliphatic carbocycles. The van der Waals surface area contributed by atoms with Crippen LogP contribution in [0.3, 0.4) is 0 Å². The van der Waals surface area contributed by atoms with Gasteiger partial charge in [0.05, 0.1) is 10.7 Å². The first kappa shape index (κ1) is 11.4. The first-order valence-electron chi connectivity index (χ1n) is 5.29. The van der Waals surface area contributed by atoms with Crippen LogP contribution in [-0.2, 0) is 12.8 Å². The smallest absolute Gasteiger partial charge is 0.188 e. The van der Waals surface area contributed by atoms with E-state index in [9.17, 15) is 0 Å². The van der Waals surface area contributed by atoms with Crippen LogP contribution in [-0.4, -0.2) is 9.97 Å². The molecule has 0 saturated heterocycles. The molecule has 0 spiro atoms. The van der Waals surface area contributed by atoms with E-state index in [-0.39, 0.29) is 0 Å². The Kier molecular flexibility index (Phi) is 3.06. The monoisotopic (exact) mass is 329 g/mol. The number of aromatic nitrogens is 2. The van der Waals surface area contributed by atoms with Gasteiger partial charge in [-0.1, -0.05) is 11.6 Å². The van der Waals surface area contributed by atoms with Crippen molar-refractivity contribution in [1.82, 2.24) is 9.97 Å². The second-order valence-electron chi connectivity index (χ2n) is 3.85. The second kappa shape index (κ2) is 4.55. The Balaban J connectivity index is 1.86. The summed E-state index contributed by atoms with van der Waals surface area (Å²) >= 11 is 11.1. The minimum absolute atomic E-state index is 0.592. The molecule has 3 rings (SSSR count). The predicted molar refractivity (Wildman–Crippen MR) is 74.4 cm³/mol. The standard InChI is InChI=1S/C11H9BrClN3S/c12-6-4-7(13)10(14-5-6)16-11-15-8-2-1-3-9(8)17-11/h4-5H,1-3H2,(H,14,15,16). The van der Waals surface area contributed by atoms with Crippen LogP contribution >= 0.6 is 38.9 Å². The maximum absolute atomic E-state index is 6.10. The fourth-order valence-corrected chi connectivity index (χ4v) is 3.58. The summed E-state index contributed by atoms with van der Waals surface area (Å²) in [6, 6.07) is 1.82. The van der Waals surface area contributed by atoms with Crippen LogP contribution in [0.4, 0.5) is 10.9 Å². The number of aryl methyl sites for hydroxylation is 2. The molecule has 0 atom stereocenters. The predicted octanol–water partition coefficient (Wildman–Crippen LogP) is 4.19. The first-order chi connectivity index (χ1) is 8.22. The Morgan fingerprint density at radius 3 is 3.06 bits per heavy atom. The molecular weight excluding hydrogens is 322 g/mol. The minimum Gasteiger partial charge on any atom is -0.315 e. The maximum atomic E-state index is 6.10. The van der Waals surface area contributed by atoms with Crippen LogP contribution in [0.15, 0.2) is 16.7 Å². The number of thiazole rings is 1. The Bertz CT molecular complexity index is 548. The molecule has 0 aromatic carbocycles. The summed E-state index contributed by atoms with van der Waals surface area (Å²) in [5.74, 6) is 0.655. The number of hydrogen-bond acceptors (Lipinski definition) is 4. The molecule has 0 radical (unpaired) electrons. The molecule has 0 amide bonds. The number of fused-ring (bicyclic) bond motifs is 1. The number of rotatable bonds is 2. The van der Waals surface area contributed by atoms with Crippen molar-refractivity contribution < 1.29 is 0 Å². The van der Waals surface area contributed by atoms with Crippen LogP contribution in [0, 0.1) is 0 Å². The number of anilines is 2. The van der Waals surface area contributed by atoms with Gasteiger partial charge >= 0.3 is 0 Å². The highest BCUT2D eigenvalue weighted by molar-refractivity contribution is 9.10. The van der Waals surface area contributed by atoms with Gasteiger partial charge in [0, 0.05) is 15.5 Å². The molecular formula is C11H9BrClN3S. The van der Waals surface area contributed by atoms with E-state index in [1.54, 1.807) is 17.5 Å². The molecule has 2 heterocycles. The number of halogens is 2. The summed E-state index contributed by atoms with van der Waals surface area (Å²) < 4.78 is 0.870. The quantitative estimate of drug-likeness (QED) is 0.897. The number of hydrogen-bond donors (Lipinski definition) is 1. The SMILES string of the molecule is Clc1cc(Br)cnc1Nc1nc2c(s1)CCC2. The average molecular weight is 331 g/mol. The van der Waals surface area contributed by atoms with Crippen LogP contribution in [0.5, 0.6) is 0 Å². The van der Waals surface area contributed by atoms with Crippen LogP contribution < -0.4 is 5.32 Å². The largest absolute Gasteiger partial charge is 0.315 e. The van der Waals surface area contributed by atoms with Crippen LogP contribution in [0.2, 0.25) is 5.02 Å². The average Bonchev–Trinajstić information content (AvgIpc) is 2.82. The van der Waals surface area contributed by atoms with Crippen molar-refractivity contribution in [3.05, 3.63) is 32.3 Å². The topological polar surface area (TPSA) is 37.8 Å². The molecule has 1 aliphatic rings. The molecule has 0 aliphatic heterocycles. The lowest BCUT2D eigenvalue weighted by atomic mass is 10.4. The van der Waals surface area contributed by atoms with Crippen molar-refractivity contribution in [1.29, 1.82) is 0 Å². The van der Waals surface area contributed by atoms with E-state index in [0.717, 1.165) is 22.4 Å². The van der Waals surface area contributed by atoms with E-state index in [1.165, 1.54) is 17.0 Å². The second-order valence-corrected chi connectivity index (χ2v) is 6.26. The summed E-state index contributed by atoms with van der Waals surface area (Å²) in [6.07, 6.45) is 5.19. The highest BCUT2D eigenvalue weighted by atomic mass is 79.9. The van der Waals surface area contributed by atoms with Crippen molar-refractivity contribution in [3.8, 4) is 0 Å². The zero-order valence-corrected chi connectivity index (χ0v) is 12.0. The zero-order chi connectivity index (χ0) is 11.8. The Morgan fingerprint density at radius 1 is 1.41 bits per heavy atom. The third-order valence-corrected chi connectivity index (χ3v) is 4.42. The fourth-order valence-electron chi connectivity index (χ4n) is 1.85. The Labute approximate surface area is 116 Å². The normalized spacial score (nSPS) is 13.8. The lowest BCUT2D eigenvalue weighted by Gasteiger charge is -2.04. The van der Waals surface area contributed by atoms with E-state index >= 15 is 0 Å². The van der Waals surface area contributed by atoms with Crippen LogP contribution in [0.25, 0.3) is 0 Å².